The van der Waals surface area contributed by atoms with Gasteiger partial charge in [-0.25, -0.2) is 0 Å². The minimum atomic E-state index is -0.673. The second-order valence-corrected chi connectivity index (χ2v) is 9.38. The van der Waals surface area contributed by atoms with Crippen LogP contribution in [0.25, 0.3) is 5.76 Å². The molecule has 0 saturated carbocycles. The van der Waals surface area contributed by atoms with E-state index >= 15 is 0 Å². The smallest absolute Gasteiger partial charge is 0.295 e. The zero-order chi connectivity index (χ0) is 24.5. The Morgan fingerprint density at radius 1 is 0.971 bits per heavy atom. The molecule has 3 aromatic carbocycles. The average molecular weight is 468 g/mol. The van der Waals surface area contributed by atoms with Crippen LogP contribution in [0.2, 0.25) is 0 Å². The number of rotatable bonds is 5. The van der Waals surface area contributed by atoms with Crippen LogP contribution in [0.4, 0.5) is 0 Å². The Morgan fingerprint density at radius 2 is 1.71 bits per heavy atom. The number of hydrogen-bond donors (Lipinski definition) is 1. The van der Waals surface area contributed by atoms with Crippen LogP contribution in [0.3, 0.4) is 0 Å². The topological polar surface area (TPSA) is 66.8 Å². The molecule has 3 aromatic rings. The molecule has 1 heterocycles. The van der Waals surface area contributed by atoms with Gasteiger partial charge < -0.3 is 14.7 Å². The summed E-state index contributed by atoms with van der Waals surface area (Å²) in [5.74, 6) is -0.647. The Morgan fingerprint density at radius 3 is 2.43 bits per heavy atom. The molecule has 5 rings (SSSR count). The monoisotopic (exact) mass is 467 g/mol. The number of hydrogen-bond acceptors (Lipinski definition) is 4. The van der Waals surface area contributed by atoms with Crippen LogP contribution in [0.1, 0.15) is 52.3 Å². The summed E-state index contributed by atoms with van der Waals surface area (Å²) >= 11 is 0. The zero-order valence-corrected chi connectivity index (χ0v) is 20.1. The first-order valence-electron chi connectivity index (χ1n) is 12.1. The van der Waals surface area contributed by atoms with Crippen molar-refractivity contribution in [2.75, 3.05) is 7.11 Å². The van der Waals surface area contributed by atoms with Gasteiger partial charge in [0.2, 0.25) is 0 Å². The molecule has 1 N–H and O–H groups in total. The number of methoxy groups -OCH3 is 1. The van der Waals surface area contributed by atoms with Crippen molar-refractivity contribution in [3.05, 3.63) is 106 Å². The first-order valence-corrected chi connectivity index (χ1v) is 12.1. The van der Waals surface area contributed by atoms with Gasteiger partial charge in [-0.15, -0.1) is 0 Å². The van der Waals surface area contributed by atoms with Crippen molar-refractivity contribution in [3.8, 4) is 5.75 Å². The number of amides is 1. The SMILES string of the molecule is COc1ccc(CN2C(=O)C(=O)/C(=C(\O)c3ccc4c(c3)CCCC4)C2c2cccc(C)c2)cc1. The molecule has 1 saturated heterocycles. The number of likely N-dealkylation sites (tertiary alicyclic amines) is 1. The fourth-order valence-electron chi connectivity index (χ4n) is 5.19. The molecule has 0 aromatic heterocycles. The van der Waals surface area contributed by atoms with Gasteiger partial charge in [0.25, 0.3) is 11.7 Å². The molecule has 5 nitrogen and oxygen atoms in total. The number of nitrogens with zero attached hydrogens (tertiary/aromatic N) is 1. The van der Waals surface area contributed by atoms with Crippen molar-refractivity contribution in [1.29, 1.82) is 0 Å². The number of ketones is 1. The molecular weight excluding hydrogens is 438 g/mol. The van der Waals surface area contributed by atoms with E-state index < -0.39 is 17.7 Å². The molecular formula is C30H29NO4. The quantitative estimate of drug-likeness (QED) is 0.306. The third kappa shape index (κ3) is 4.34. The Kier molecular flexibility index (Phi) is 6.16. The zero-order valence-electron chi connectivity index (χ0n) is 20.1. The maximum absolute atomic E-state index is 13.3. The fraction of sp³-hybridized carbons (Fsp3) is 0.267. The van der Waals surface area contributed by atoms with Crippen molar-refractivity contribution >= 4 is 17.4 Å². The third-order valence-corrected chi connectivity index (χ3v) is 7.03. The molecule has 1 aliphatic carbocycles. The number of aryl methyl sites for hydroxylation is 3. The number of Topliss-reactive ketones (excluding diaryl/α,β-unsaturated/α-hetero) is 1. The van der Waals surface area contributed by atoms with Crippen molar-refractivity contribution in [2.24, 2.45) is 0 Å². The van der Waals surface area contributed by atoms with Crippen molar-refractivity contribution in [1.82, 2.24) is 4.90 Å². The highest BCUT2D eigenvalue weighted by molar-refractivity contribution is 6.46. The molecule has 178 valence electrons. The van der Waals surface area contributed by atoms with Crippen LogP contribution in [0.5, 0.6) is 5.75 Å². The van der Waals surface area contributed by atoms with Crippen LogP contribution in [-0.2, 0) is 29.0 Å². The van der Waals surface area contributed by atoms with E-state index in [1.54, 1.807) is 12.0 Å². The van der Waals surface area contributed by atoms with Crippen molar-refractivity contribution in [2.45, 2.75) is 45.2 Å². The molecule has 35 heavy (non-hydrogen) atoms. The maximum Gasteiger partial charge on any atom is 0.295 e. The van der Waals surface area contributed by atoms with Gasteiger partial charge in [0, 0.05) is 12.1 Å². The lowest BCUT2D eigenvalue weighted by atomic mass is 9.88. The first kappa shape index (κ1) is 22.9. The normalized spacial score (nSPS) is 19.0. The van der Waals surface area contributed by atoms with E-state index in [9.17, 15) is 14.7 Å². The minimum absolute atomic E-state index is 0.111. The number of fused-ring (bicyclic) bond motifs is 1. The van der Waals surface area contributed by atoms with E-state index in [0.29, 0.717) is 5.56 Å². The highest BCUT2D eigenvalue weighted by atomic mass is 16.5. The summed E-state index contributed by atoms with van der Waals surface area (Å²) < 4.78 is 5.24. The van der Waals surface area contributed by atoms with Gasteiger partial charge >= 0.3 is 0 Å². The molecule has 2 aliphatic rings. The molecule has 5 heteroatoms. The second-order valence-electron chi connectivity index (χ2n) is 9.38. The lowest BCUT2D eigenvalue weighted by Crippen LogP contribution is -2.29. The summed E-state index contributed by atoms with van der Waals surface area (Å²) in [7, 11) is 1.60. The molecule has 1 aliphatic heterocycles. The first-order chi connectivity index (χ1) is 17.0. The molecule has 0 radical (unpaired) electrons. The van der Waals surface area contributed by atoms with E-state index in [4.69, 9.17) is 4.74 Å². The van der Waals surface area contributed by atoms with Crippen LogP contribution in [0, 0.1) is 6.92 Å². The van der Waals surface area contributed by atoms with Gasteiger partial charge in [-0.1, -0.05) is 54.1 Å². The number of ether oxygens (including phenoxy) is 1. The minimum Gasteiger partial charge on any atom is -0.507 e. The van der Waals surface area contributed by atoms with E-state index in [0.717, 1.165) is 41.7 Å². The van der Waals surface area contributed by atoms with Gasteiger partial charge in [0.1, 0.15) is 11.5 Å². The number of carbonyl (C=O) groups is 2. The number of aliphatic hydroxyl groups is 1. The standard InChI is InChI=1S/C30H29NO4/c1-19-6-5-9-23(16-19)27-26(28(32)24-13-12-21-7-3-4-8-22(21)17-24)29(33)30(34)31(27)18-20-10-14-25(35-2)15-11-20/h5-6,9-17,27,32H,3-4,7-8,18H2,1-2H3/b28-26-. The predicted molar refractivity (Wildman–Crippen MR) is 135 cm³/mol. The van der Waals surface area contributed by atoms with Gasteiger partial charge in [-0.05, 0) is 73.1 Å². The van der Waals surface area contributed by atoms with Gasteiger partial charge in [-0.2, -0.15) is 0 Å². The largest absolute Gasteiger partial charge is 0.507 e. The highest BCUT2D eigenvalue weighted by Gasteiger charge is 2.46. The summed E-state index contributed by atoms with van der Waals surface area (Å²) in [5.41, 5.74) is 5.93. The van der Waals surface area contributed by atoms with E-state index in [1.165, 1.54) is 17.5 Å². The van der Waals surface area contributed by atoms with Crippen LogP contribution >= 0.6 is 0 Å². The van der Waals surface area contributed by atoms with E-state index in [1.807, 2.05) is 73.7 Å². The van der Waals surface area contributed by atoms with Gasteiger partial charge in [0.05, 0.1) is 18.7 Å². The van der Waals surface area contributed by atoms with Crippen LogP contribution in [0.15, 0.2) is 72.3 Å². The Bertz CT molecular complexity index is 1320. The summed E-state index contributed by atoms with van der Waals surface area (Å²) in [6, 6.07) is 20.4. The molecule has 0 bridgehead atoms. The maximum atomic E-state index is 13.3. The molecule has 0 spiro atoms. The Labute approximate surface area is 205 Å². The highest BCUT2D eigenvalue weighted by Crippen LogP contribution is 2.41. The number of benzene rings is 3. The third-order valence-electron chi connectivity index (χ3n) is 7.03. The summed E-state index contributed by atoms with van der Waals surface area (Å²) in [5, 5.41) is 11.4. The summed E-state index contributed by atoms with van der Waals surface area (Å²) in [4.78, 5) is 28.2. The van der Waals surface area contributed by atoms with Crippen LogP contribution < -0.4 is 4.74 Å². The molecule has 1 fully saturated rings. The van der Waals surface area contributed by atoms with Gasteiger partial charge in [-0.3, -0.25) is 9.59 Å². The van der Waals surface area contributed by atoms with Crippen LogP contribution in [-0.4, -0.2) is 28.8 Å². The molecule has 1 atom stereocenters. The van der Waals surface area contributed by atoms with E-state index in [2.05, 4.69) is 0 Å². The summed E-state index contributed by atoms with van der Waals surface area (Å²) in [6.07, 6.45) is 4.28. The summed E-state index contributed by atoms with van der Waals surface area (Å²) in [6.45, 7) is 2.22. The lowest BCUT2D eigenvalue weighted by molar-refractivity contribution is -0.140. The Balaban J connectivity index is 1.61. The second kappa shape index (κ2) is 9.41. The lowest BCUT2D eigenvalue weighted by Gasteiger charge is -2.26. The molecule has 1 amide bonds. The van der Waals surface area contributed by atoms with Crippen molar-refractivity contribution in [3.63, 3.8) is 0 Å². The van der Waals surface area contributed by atoms with Crippen molar-refractivity contribution < 1.29 is 19.4 Å². The average Bonchev–Trinajstić information content (AvgIpc) is 3.13. The number of carbonyl (C=O) groups excluding carboxylic acids is 2. The molecule has 1 unspecified atom stereocenters. The Hall–Kier alpha value is -3.86. The number of aliphatic hydroxyl groups excluding tert-OH is 1. The fourth-order valence-corrected chi connectivity index (χ4v) is 5.19. The van der Waals surface area contributed by atoms with Gasteiger partial charge in [0.15, 0.2) is 0 Å². The van der Waals surface area contributed by atoms with E-state index in [-0.39, 0.29) is 17.9 Å². The predicted octanol–water partition coefficient (Wildman–Crippen LogP) is 5.50.